The van der Waals surface area contributed by atoms with Crippen LogP contribution < -0.4 is 4.80 Å². The zero-order valence-corrected chi connectivity index (χ0v) is 12.5. The number of aromatic nitrogens is 1. The zero-order chi connectivity index (χ0) is 14.5. The average molecular weight is 297 g/mol. The van der Waals surface area contributed by atoms with Crippen molar-refractivity contribution >= 4 is 17.6 Å². The molecule has 0 saturated carbocycles. The lowest BCUT2D eigenvalue weighted by molar-refractivity contribution is 0.560. The van der Waals surface area contributed by atoms with Crippen LogP contribution in [0.25, 0.3) is 11.3 Å². The molecule has 2 aromatic heterocycles. The van der Waals surface area contributed by atoms with Gasteiger partial charge in [0, 0.05) is 11.9 Å². The largest absolute Gasteiger partial charge is 0.463 e. The number of benzene rings is 1. The van der Waals surface area contributed by atoms with Gasteiger partial charge in [-0.05, 0) is 24.6 Å². The maximum absolute atomic E-state index is 5.19. The van der Waals surface area contributed by atoms with E-state index in [-0.39, 0.29) is 0 Å². The van der Waals surface area contributed by atoms with Crippen molar-refractivity contribution in [3.63, 3.8) is 0 Å². The van der Waals surface area contributed by atoms with Crippen LogP contribution in [0.15, 0.2) is 68.7 Å². The number of nitrogens with zero attached hydrogens (tertiary/aromatic N) is 3. The molecule has 4 nitrogen and oxygen atoms in total. The van der Waals surface area contributed by atoms with Gasteiger partial charge in [-0.25, -0.2) is 0 Å². The second-order valence-electron chi connectivity index (χ2n) is 4.37. The standard InChI is InChI=1S/C16H15N3OS/c1-2-19-15(13-7-4-3-5-8-13)12-21-16(19)18-17-11-14-9-6-10-20-14/h3-12H,2H2,1H3/b17-11-,18-16-. The van der Waals surface area contributed by atoms with E-state index in [1.807, 2.05) is 30.3 Å². The monoisotopic (exact) mass is 297 g/mol. The first-order valence-corrected chi connectivity index (χ1v) is 7.61. The van der Waals surface area contributed by atoms with Crippen LogP contribution in [0.4, 0.5) is 0 Å². The molecule has 0 bridgehead atoms. The van der Waals surface area contributed by atoms with Crippen molar-refractivity contribution in [2.45, 2.75) is 13.5 Å². The Bertz CT molecular complexity index is 783. The van der Waals surface area contributed by atoms with E-state index in [1.165, 1.54) is 5.56 Å². The lowest BCUT2D eigenvalue weighted by atomic mass is 10.2. The summed E-state index contributed by atoms with van der Waals surface area (Å²) >= 11 is 1.58. The number of furan rings is 1. The van der Waals surface area contributed by atoms with E-state index >= 15 is 0 Å². The minimum Gasteiger partial charge on any atom is -0.463 e. The van der Waals surface area contributed by atoms with Crippen LogP contribution in [0, 0.1) is 0 Å². The molecule has 2 heterocycles. The van der Waals surface area contributed by atoms with E-state index in [4.69, 9.17) is 4.42 Å². The topological polar surface area (TPSA) is 42.8 Å². The van der Waals surface area contributed by atoms with Gasteiger partial charge in [0.2, 0.25) is 4.80 Å². The molecule has 5 heteroatoms. The molecular weight excluding hydrogens is 282 g/mol. The molecule has 0 amide bonds. The maximum atomic E-state index is 5.19. The van der Waals surface area contributed by atoms with Crippen LogP contribution in [0.3, 0.4) is 0 Å². The lowest BCUT2D eigenvalue weighted by Gasteiger charge is -2.04. The van der Waals surface area contributed by atoms with Gasteiger partial charge in [0.1, 0.15) is 5.76 Å². The highest BCUT2D eigenvalue weighted by atomic mass is 32.1. The molecule has 106 valence electrons. The number of rotatable bonds is 4. The van der Waals surface area contributed by atoms with Crippen LogP contribution in [0.2, 0.25) is 0 Å². The van der Waals surface area contributed by atoms with E-state index < -0.39 is 0 Å². The molecular formula is C16H15N3OS. The fourth-order valence-corrected chi connectivity index (χ4v) is 2.98. The minimum absolute atomic E-state index is 0.696. The molecule has 0 aliphatic rings. The van der Waals surface area contributed by atoms with Crippen molar-refractivity contribution < 1.29 is 4.42 Å². The van der Waals surface area contributed by atoms with Crippen molar-refractivity contribution in [1.82, 2.24) is 4.57 Å². The Morgan fingerprint density at radius 2 is 2.05 bits per heavy atom. The molecule has 0 saturated heterocycles. The molecule has 0 aliphatic carbocycles. The van der Waals surface area contributed by atoms with Gasteiger partial charge in [0.15, 0.2) is 0 Å². The summed E-state index contributed by atoms with van der Waals surface area (Å²) in [5.74, 6) is 0.696. The number of hydrogen-bond acceptors (Lipinski definition) is 4. The van der Waals surface area contributed by atoms with Crippen molar-refractivity contribution in [3.8, 4) is 11.3 Å². The van der Waals surface area contributed by atoms with Gasteiger partial charge in [-0.3, -0.25) is 0 Å². The van der Waals surface area contributed by atoms with Crippen LogP contribution in [-0.2, 0) is 6.54 Å². The average Bonchev–Trinajstić information content (AvgIpc) is 3.17. The third-order valence-electron chi connectivity index (χ3n) is 3.05. The Labute approximate surface area is 126 Å². The van der Waals surface area contributed by atoms with E-state index in [0.29, 0.717) is 5.76 Å². The van der Waals surface area contributed by atoms with Crippen molar-refractivity contribution in [1.29, 1.82) is 0 Å². The molecule has 3 aromatic rings. The SMILES string of the molecule is CCn1c(-c2ccccc2)cs/c1=N\N=C/c1ccco1. The lowest BCUT2D eigenvalue weighted by Crippen LogP contribution is -2.14. The number of thiazole rings is 1. The summed E-state index contributed by atoms with van der Waals surface area (Å²) in [6, 6.07) is 14.0. The number of hydrogen-bond donors (Lipinski definition) is 0. The quantitative estimate of drug-likeness (QED) is 0.534. The summed E-state index contributed by atoms with van der Waals surface area (Å²) in [5, 5.41) is 10.5. The summed E-state index contributed by atoms with van der Waals surface area (Å²) in [4.78, 5) is 0.874. The fraction of sp³-hybridized carbons (Fsp3) is 0.125. The van der Waals surface area contributed by atoms with E-state index in [2.05, 4.69) is 39.2 Å². The van der Waals surface area contributed by atoms with Gasteiger partial charge < -0.3 is 8.98 Å². The second kappa shape index (κ2) is 6.37. The third-order valence-corrected chi connectivity index (χ3v) is 3.91. The Morgan fingerprint density at radius 3 is 2.76 bits per heavy atom. The van der Waals surface area contributed by atoms with Gasteiger partial charge in [-0.1, -0.05) is 30.3 Å². The predicted molar refractivity (Wildman–Crippen MR) is 85.3 cm³/mol. The predicted octanol–water partition coefficient (Wildman–Crippen LogP) is 3.76. The molecule has 3 rings (SSSR count). The van der Waals surface area contributed by atoms with Crippen molar-refractivity contribution in [2.24, 2.45) is 10.2 Å². The Hall–Kier alpha value is -2.40. The van der Waals surface area contributed by atoms with E-state index in [1.54, 1.807) is 23.8 Å². The third kappa shape index (κ3) is 3.03. The minimum atomic E-state index is 0.696. The first-order chi connectivity index (χ1) is 10.4. The molecule has 0 spiro atoms. The molecule has 0 atom stereocenters. The van der Waals surface area contributed by atoms with Crippen LogP contribution >= 0.6 is 11.3 Å². The normalized spacial score (nSPS) is 12.3. The molecule has 0 N–H and O–H groups in total. The molecule has 21 heavy (non-hydrogen) atoms. The highest BCUT2D eigenvalue weighted by molar-refractivity contribution is 7.07. The zero-order valence-electron chi connectivity index (χ0n) is 11.6. The molecule has 0 aliphatic heterocycles. The molecule has 1 aromatic carbocycles. The van der Waals surface area contributed by atoms with Gasteiger partial charge in [0.05, 0.1) is 18.2 Å². The van der Waals surface area contributed by atoms with Gasteiger partial charge in [-0.15, -0.1) is 16.4 Å². The van der Waals surface area contributed by atoms with Gasteiger partial charge in [0.25, 0.3) is 0 Å². The van der Waals surface area contributed by atoms with Crippen LogP contribution in [0.1, 0.15) is 12.7 Å². The fourth-order valence-electron chi connectivity index (χ4n) is 2.05. The first-order valence-electron chi connectivity index (χ1n) is 6.73. The molecule has 0 unspecified atom stereocenters. The highest BCUT2D eigenvalue weighted by Crippen LogP contribution is 2.19. The molecule has 0 radical (unpaired) electrons. The van der Waals surface area contributed by atoms with E-state index in [9.17, 15) is 0 Å². The summed E-state index contributed by atoms with van der Waals surface area (Å²) in [5.41, 5.74) is 2.35. The smallest absolute Gasteiger partial charge is 0.211 e. The van der Waals surface area contributed by atoms with Crippen molar-refractivity contribution in [3.05, 3.63) is 64.7 Å². The van der Waals surface area contributed by atoms with E-state index in [0.717, 1.165) is 17.0 Å². The molecule has 0 fully saturated rings. The van der Waals surface area contributed by atoms with Crippen molar-refractivity contribution in [2.75, 3.05) is 0 Å². The Morgan fingerprint density at radius 1 is 1.19 bits per heavy atom. The summed E-state index contributed by atoms with van der Waals surface area (Å²) in [7, 11) is 0. The summed E-state index contributed by atoms with van der Waals surface area (Å²) in [6.07, 6.45) is 3.23. The summed E-state index contributed by atoms with van der Waals surface area (Å²) in [6.45, 7) is 2.96. The second-order valence-corrected chi connectivity index (χ2v) is 5.21. The Kier molecular flexibility index (Phi) is 4.12. The van der Waals surface area contributed by atoms with Crippen LogP contribution in [-0.4, -0.2) is 10.8 Å². The maximum Gasteiger partial charge on any atom is 0.211 e. The highest BCUT2D eigenvalue weighted by Gasteiger charge is 2.05. The van der Waals surface area contributed by atoms with Crippen LogP contribution in [0.5, 0.6) is 0 Å². The van der Waals surface area contributed by atoms with Gasteiger partial charge >= 0.3 is 0 Å². The Balaban J connectivity index is 1.95. The summed E-state index contributed by atoms with van der Waals surface area (Å²) < 4.78 is 7.34. The first kappa shape index (κ1) is 13.6. The van der Waals surface area contributed by atoms with Gasteiger partial charge in [-0.2, -0.15) is 5.10 Å².